The first-order chi connectivity index (χ1) is 13.8. The van der Waals surface area contributed by atoms with Crippen molar-refractivity contribution >= 4 is 17.9 Å². The number of rotatable bonds is 4. The van der Waals surface area contributed by atoms with Gasteiger partial charge in [0, 0.05) is 38.3 Å². The molecular weight excluding hydrogens is 377 g/mol. The number of aromatic carboxylic acids is 1. The summed E-state index contributed by atoms with van der Waals surface area (Å²) in [6.45, 7) is 3.42. The number of aryl methyl sites for hydroxylation is 1. The van der Waals surface area contributed by atoms with Crippen LogP contribution in [-0.2, 0) is 6.54 Å². The SMILES string of the molecule is Cc1ccc(C(=O)N2CCN(C(=O)NCc3ccc(C(=O)O)cc3)CC2)cc1F. The lowest BCUT2D eigenvalue weighted by Gasteiger charge is -2.34. The van der Waals surface area contributed by atoms with Crippen LogP contribution in [0.4, 0.5) is 9.18 Å². The van der Waals surface area contributed by atoms with E-state index in [2.05, 4.69) is 5.32 Å². The lowest BCUT2D eigenvalue weighted by Crippen LogP contribution is -2.53. The fourth-order valence-electron chi connectivity index (χ4n) is 3.08. The summed E-state index contributed by atoms with van der Waals surface area (Å²) in [6.07, 6.45) is 0. The van der Waals surface area contributed by atoms with Gasteiger partial charge in [-0.2, -0.15) is 0 Å². The highest BCUT2D eigenvalue weighted by Crippen LogP contribution is 2.13. The molecule has 1 saturated heterocycles. The van der Waals surface area contributed by atoms with Crippen LogP contribution < -0.4 is 5.32 Å². The molecule has 0 aromatic heterocycles. The Hall–Kier alpha value is -3.42. The third-order valence-corrected chi connectivity index (χ3v) is 4.92. The molecule has 152 valence electrons. The standard InChI is InChI=1S/C21H22FN3O4/c1-14-2-5-17(12-18(14)22)19(26)24-8-10-25(11-9-24)21(29)23-13-15-3-6-16(7-4-15)20(27)28/h2-7,12H,8-11,13H2,1H3,(H,23,29)(H,27,28). The Morgan fingerprint density at radius 1 is 0.966 bits per heavy atom. The molecule has 0 atom stereocenters. The molecule has 0 spiro atoms. The Labute approximate surface area is 167 Å². The van der Waals surface area contributed by atoms with E-state index in [0.29, 0.717) is 37.3 Å². The van der Waals surface area contributed by atoms with Crippen LogP contribution in [0.2, 0.25) is 0 Å². The molecule has 1 aliphatic heterocycles. The van der Waals surface area contributed by atoms with E-state index in [0.717, 1.165) is 5.56 Å². The lowest BCUT2D eigenvalue weighted by molar-refractivity contribution is 0.0663. The largest absolute Gasteiger partial charge is 0.478 e. The van der Waals surface area contributed by atoms with Crippen LogP contribution in [0.15, 0.2) is 42.5 Å². The molecule has 2 aromatic carbocycles. The molecule has 1 heterocycles. The lowest BCUT2D eigenvalue weighted by atomic mass is 10.1. The Morgan fingerprint density at radius 3 is 2.14 bits per heavy atom. The second-order valence-corrected chi connectivity index (χ2v) is 6.90. The van der Waals surface area contributed by atoms with Gasteiger partial charge in [0.15, 0.2) is 0 Å². The number of nitrogens with zero attached hydrogens (tertiary/aromatic N) is 2. The van der Waals surface area contributed by atoms with Gasteiger partial charge in [-0.25, -0.2) is 14.0 Å². The Kier molecular flexibility index (Phi) is 6.11. The number of piperazine rings is 1. The van der Waals surface area contributed by atoms with Crippen LogP contribution >= 0.6 is 0 Å². The molecule has 2 N–H and O–H groups in total. The minimum atomic E-state index is -0.999. The molecule has 8 heteroatoms. The van der Waals surface area contributed by atoms with Crippen LogP contribution in [-0.4, -0.2) is 59.0 Å². The summed E-state index contributed by atoms with van der Waals surface area (Å²) in [4.78, 5) is 39.0. The van der Waals surface area contributed by atoms with E-state index in [1.807, 2.05) is 0 Å². The van der Waals surface area contributed by atoms with E-state index in [1.54, 1.807) is 41.0 Å². The first-order valence-electron chi connectivity index (χ1n) is 9.25. The maximum atomic E-state index is 13.7. The van der Waals surface area contributed by atoms with Gasteiger partial charge < -0.3 is 20.2 Å². The number of amides is 3. The summed E-state index contributed by atoms with van der Waals surface area (Å²) in [5, 5.41) is 11.7. The summed E-state index contributed by atoms with van der Waals surface area (Å²) < 4.78 is 13.7. The predicted octanol–water partition coefficient (Wildman–Crippen LogP) is 2.50. The van der Waals surface area contributed by atoms with Crippen molar-refractivity contribution in [2.75, 3.05) is 26.2 Å². The molecule has 0 bridgehead atoms. The topological polar surface area (TPSA) is 90.0 Å². The molecule has 3 rings (SSSR count). The fraction of sp³-hybridized carbons (Fsp3) is 0.286. The van der Waals surface area contributed by atoms with Crippen molar-refractivity contribution in [2.24, 2.45) is 0 Å². The quantitative estimate of drug-likeness (QED) is 0.827. The highest BCUT2D eigenvalue weighted by molar-refractivity contribution is 5.94. The minimum absolute atomic E-state index is 0.189. The van der Waals surface area contributed by atoms with Crippen LogP contribution in [0.25, 0.3) is 0 Å². The highest BCUT2D eigenvalue weighted by atomic mass is 19.1. The number of benzene rings is 2. The second kappa shape index (κ2) is 8.72. The molecule has 0 saturated carbocycles. The highest BCUT2D eigenvalue weighted by Gasteiger charge is 2.25. The molecule has 2 aromatic rings. The molecule has 0 unspecified atom stereocenters. The Morgan fingerprint density at radius 2 is 1.55 bits per heavy atom. The molecular formula is C21H22FN3O4. The summed E-state index contributed by atoms with van der Waals surface area (Å²) >= 11 is 0. The van der Waals surface area contributed by atoms with Crippen molar-refractivity contribution < 1.29 is 23.9 Å². The van der Waals surface area contributed by atoms with Crippen molar-refractivity contribution in [1.29, 1.82) is 0 Å². The molecule has 29 heavy (non-hydrogen) atoms. The van der Waals surface area contributed by atoms with E-state index in [1.165, 1.54) is 18.2 Å². The van der Waals surface area contributed by atoms with Crippen molar-refractivity contribution in [3.05, 3.63) is 70.5 Å². The number of nitrogens with one attached hydrogen (secondary N) is 1. The van der Waals surface area contributed by atoms with Gasteiger partial charge in [0.1, 0.15) is 5.82 Å². The summed E-state index contributed by atoms with van der Waals surface area (Å²) in [5.41, 5.74) is 1.77. The molecule has 1 fully saturated rings. The molecule has 1 aliphatic rings. The van der Waals surface area contributed by atoms with Gasteiger partial charge in [0.2, 0.25) is 0 Å². The van der Waals surface area contributed by atoms with Crippen molar-refractivity contribution in [3.63, 3.8) is 0 Å². The van der Waals surface area contributed by atoms with Crippen LogP contribution in [0.5, 0.6) is 0 Å². The van der Waals surface area contributed by atoms with Gasteiger partial charge in [-0.15, -0.1) is 0 Å². The average molecular weight is 399 g/mol. The van der Waals surface area contributed by atoms with Gasteiger partial charge in [-0.1, -0.05) is 18.2 Å². The first-order valence-corrected chi connectivity index (χ1v) is 9.25. The number of carbonyl (C=O) groups is 3. The van der Waals surface area contributed by atoms with E-state index in [-0.39, 0.29) is 24.0 Å². The molecule has 3 amide bonds. The van der Waals surface area contributed by atoms with E-state index in [9.17, 15) is 18.8 Å². The summed E-state index contributed by atoms with van der Waals surface area (Å²) in [6, 6.07) is 10.5. The van der Waals surface area contributed by atoms with Crippen LogP contribution in [0.1, 0.15) is 31.8 Å². The van der Waals surface area contributed by atoms with Crippen molar-refractivity contribution in [1.82, 2.24) is 15.1 Å². The number of urea groups is 1. The second-order valence-electron chi connectivity index (χ2n) is 6.90. The zero-order chi connectivity index (χ0) is 21.0. The van der Waals surface area contributed by atoms with Crippen molar-refractivity contribution in [2.45, 2.75) is 13.5 Å². The smallest absolute Gasteiger partial charge is 0.335 e. The van der Waals surface area contributed by atoms with Gasteiger partial charge in [0.05, 0.1) is 5.56 Å². The number of carboxylic acids is 1. The maximum absolute atomic E-state index is 13.7. The fourth-order valence-corrected chi connectivity index (χ4v) is 3.08. The normalized spacial score (nSPS) is 13.9. The summed E-state index contributed by atoms with van der Waals surface area (Å²) in [7, 11) is 0. The van der Waals surface area contributed by atoms with Gasteiger partial charge in [-0.05, 0) is 42.3 Å². The number of carbonyl (C=O) groups excluding carboxylic acids is 2. The van der Waals surface area contributed by atoms with Gasteiger partial charge >= 0.3 is 12.0 Å². The van der Waals surface area contributed by atoms with Gasteiger partial charge in [0.25, 0.3) is 5.91 Å². The number of halogens is 1. The van der Waals surface area contributed by atoms with E-state index < -0.39 is 11.8 Å². The van der Waals surface area contributed by atoms with Gasteiger partial charge in [-0.3, -0.25) is 4.79 Å². The monoisotopic (exact) mass is 399 g/mol. The third-order valence-electron chi connectivity index (χ3n) is 4.92. The minimum Gasteiger partial charge on any atom is -0.478 e. The number of carboxylic acid groups (broad SMARTS) is 1. The molecule has 0 aliphatic carbocycles. The third kappa shape index (κ3) is 4.90. The molecule has 7 nitrogen and oxygen atoms in total. The van der Waals surface area contributed by atoms with Crippen LogP contribution in [0, 0.1) is 12.7 Å². The summed E-state index contributed by atoms with van der Waals surface area (Å²) in [5.74, 6) is -1.66. The Bertz CT molecular complexity index is 922. The van der Waals surface area contributed by atoms with E-state index in [4.69, 9.17) is 5.11 Å². The Balaban J connectivity index is 1.49. The first kappa shape index (κ1) is 20.3. The zero-order valence-electron chi connectivity index (χ0n) is 16.0. The average Bonchev–Trinajstić information content (AvgIpc) is 2.74. The molecule has 0 radical (unpaired) electrons. The maximum Gasteiger partial charge on any atom is 0.335 e. The number of hydrogen-bond donors (Lipinski definition) is 2. The predicted molar refractivity (Wildman–Crippen MR) is 104 cm³/mol. The van der Waals surface area contributed by atoms with Crippen LogP contribution in [0.3, 0.4) is 0 Å². The zero-order valence-corrected chi connectivity index (χ0v) is 16.0. The number of hydrogen-bond acceptors (Lipinski definition) is 3. The van der Waals surface area contributed by atoms with Crippen molar-refractivity contribution in [3.8, 4) is 0 Å². The van der Waals surface area contributed by atoms with E-state index >= 15 is 0 Å².